The first-order chi connectivity index (χ1) is 7.85. The van der Waals surface area contributed by atoms with Crippen LogP contribution in [0.5, 0.6) is 0 Å². The fourth-order valence-electron chi connectivity index (χ4n) is 2.81. The molecule has 1 aliphatic heterocycles. The van der Waals surface area contributed by atoms with Crippen molar-refractivity contribution in [3.8, 4) is 0 Å². The van der Waals surface area contributed by atoms with Gasteiger partial charge in [-0.25, -0.2) is 0 Å². The first-order valence-corrected chi connectivity index (χ1v) is 6.30. The lowest BCUT2D eigenvalue weighted by Crippen LogP contribution is -2.40. The van der Waals surface area contributed by atoms with E-state index in [1.165, 1.54) is 24.9 Å². The zero-order chi connectivity index (χ0) is 11.4. The fourth-order valence-corrected chi connectivity index (χ4v) is 2.81. The summed E-state index contributed by atoms with van der Waals surface area (Å²) < 4.78 is 0. The molecule has 0 radical (unpaired) electrons. The average molecular weight is 218 g/mol. The van der Waals surface area contributed by atoms with Crippen LogP contribution in [-0.4, -0.2) is 30.6 Å². The van der Waals surface area contributed by atoms with Crippen molar-refractivity contribution in [1.82, 2.24) is 10.2 Å². The van der Waals surface area contributed by atoms with Crippen molar-refractivity contribution in [2.45, 2.75) is 38.4 Å². The van der Waals surface area contributed by atoms with Crippen LogP contribution in [0.15, 0.2) is 30.3 Å². The lowest BCUT2D eigenvalue weighted by Gasteiger charge is -2.27. The maximum absolute atomic E-state index is 3.44. The van der Waals surface area contributed by atoms with Gasteiger partial charge >= 0.3 is 0 Å². The molecule has 2 atom stereocenters. The van der Waals surface area contributed by atoms with E-state index < -0.39 is 0 Å². The number of hydrogen-bond acceptors (Lipinski definition) is 2. The molecule has 2 unspecified atom stereocenters. The van der Waals surface area contributed by atoms with E-state index in [0.29, 0.717) is 12.1 Å². The van der Waals surface area contributed by atoms with Gasteiger partial charge < -0.3 is 5.32 Å². The predicted octanol–water partition coefficient (Wildman–Crippen LogP) is 2.26. The molecule has 88 valence electrons. The molecule has 1 saturated heterocycles. The molecule has 1 aromatic rings. The van der Waals surface area contributed by atoms with Crippen LogP contribution in [0.1, 0.15) is 25.3 Å². The van der Waals surface area contributed by atoms with Crippen molar-refractivity contribution in [2.24, 2.45) is 0 Å². The quantitative estimate of drug-likeness (QED) is 0.834. The van der Waals surface area contributed by atoms with Crippen molar-refractivity contribution in [3.63, 3.8) is 0 Å². The first kappa shape index (κ1) is 11.6. The molecule has 1 aromatic carbocycles. The largest absolute Gasteiger partial charge is 0.315 e. The summed E-state index contributed by atoms with van der Waals surface area (Å²) in [6, 6.07) is 12.2. The van der Waals surface area contributed by atoms with Crippen LogP contribution in [-0.2, 0) is 6.54 Å². The molecule has 16 heavy (non-hydrogen) atoms. The Labute approximate surface area is 98.7 Å². The summed E-state index contributed by atoms with van der Waals surface area (Å²) in [6.45, 7) is 4.61. The summed E-state index contributed by atoms with van der Waals surface area (Å²) in [5.74, 6) is 0. The van der Waals surface area contributed by atoms with Crippen molar-refractivity contribution in [1.29, 1.82) is 0 Å². The Morgan fingerprint density at radius 3 is 2.69 bits per heavy atom. The standard InChI is InChI=1S/C14H22N2/c1-3-14-13(15-2)9-10-16(14)11-12-7-5-4-6-8-12/h4-8,13-15H,3,9-11H2,1-2H3. The SMILES string of the molecule is CCC1C(NC)CCN1Cc1ccccc1. The lowest BCUT2D eigenvalue weighted by molar-refractivity contribution is 0.223. The molecular weight excluding hydrogens is 196 g/mol. The number of benzene rings is 1. The predicted molar refractivity (Wildman–Crippen MR) is 68.4 cm³/mol. The van der Waals surface area contributed by atoms with E-state index >= 15 is 0 Å². The van der Waals surface area contributed by atoms with Crippen molar-refractivity contribution in [2.75, 3.05) is 13.6 Å². The van der Waals surface area contributed by atoms with E-state index in [0.717, 1.165) is 6.54 Å². The molecule has 2 heteroatoms. The molecule has 0 bridgehead atoms. The third-order valence-electron chi connectivity index (χ3n) is 3.68. The van der Waals surface area contributed by atoms with Gasteiger partial charge in [-0.15, -0.1) is 0 Å². The summed E-state index contributed by atoms with van der Waals surface area (Å²) in [5.41, 5.74) is 1.43. The summed E-state index contributed by atoms with van der Waals surface area (Å²) in [5, 5.41) is 3.44. The number of hydrogen-bond donors (Lipinski definition) is 1. The molecule has 0 spiro atoms. The maximum Gasteiger partial charge on any atom is 0.0250 e. The van der Waals surface area contributed by atoms with Crippen LogP contribution >= 0.6 is 0 Å². The van der Waals surface area contributed by atoms with E-state index in [-0.39, 0.29) is 0 Å². The molecule has 2 rings (SSSR count). The molecule has 0 saturated carbocycles. The van der Waals surface area contributed by atoms with Gasteiger partial charge in [0, 0.05) is 25.2 Å². The highest BCUT2D eigenvalue weighted by Gasteiger charge is 2.31. The van der Waals surface area contributed by atoms with E-state index in [1.54, 1.807) is 0 Å². The Bertz CT molecular complexity index is 310. The summed E-state index contributed by atoms with van der Waals surface area (Å²) >= 11 is 0. The van der Waals surface area contributed by atoms with Crippen molar-refractivity contribution in [3.05, 3.63) is 35.9 Å². The van der Waals surface area contributed by atoms with Crippen molar-refractivity contribution < 1.29 is 0 Å². The Morgan fingerprint density at radius 2 is 2.06 bits per heavy atom. The zero-order valence-electron chi connectivity index (χ0n) is 10.3. The van der Waals surface area contributed by atoms with E-state index in [4.69, 9.17) is 0 Å². The Hall–Kier alpha value is -0.860. The van der Waals surface area contributed by atoms with Gasteiger partial charge in [-0.1, -0.05) is 37.3 Å². The van der Waals surface area contributed by atoms with E-state index in [9.17, 15) is 0 Å². The van der Waals surface area contributed by atoms with Crippen LogP contribution in [0, 0.1) is 0 Å². The van der Waals surface area contributed by atoms with Crippen LogP contribution in [0.25, 0.3) is 0 Å². The molecule has 0 amide bonds. The second-order valence-electron chi connectivity index (χ2n) is 4.62. The second kappa shape index (κ2) is 5.46. The molecule has 1 heterocycles. The fraction of sp³-hybridized carbons (Fsp3) is 0.571. The second-order valence-corrected chi connectivity index (χ2v) is 4.62. The first-order valence-electron chi connectivity index (χ1n) is 6.30. The number of rotatable bonds is 4. The highest BCUT2D eigenvalue weighted by Crippen LogP contribution is 2.22. The number of nitrogens with zero attached hydrogens (tertiary/aromatic N) is 1. The molecule has 1 N–H and O–H groups in total. The third-order valence-corrected chi connectivity index (χ3v) is 3.68. The summed E-state index contributed by atoms with van der Waals surface area (Å²) in [4.78, 5) is 2.61. The normalized spacial score (nSPS) is 26.1. The monoisotopic (exact) mass is 218 g/mol. The van der Waals surface area contributed by atoms with Crippen LogP contribution in [0.3, 0.4) is 0 Å². The van der Waals surface area contributed by atoms with Crippen molar-refractivity contribution >= 4 is 0 Å². The minimum Gasteiger partial charge on any atom is -0.315 e. The average Bonchev–Trinajstić information content (AvgIpc) is 2.72. The lowest BCUT2D eigenvalue weighted by atomic mass is 10.1. The minimum atomic E-state index is 0.675. The summed E-state index contributed by atoms with van der Waals surface area (Å²) in [7, 11) is 2.08. The van der Waals surface area contributed by atoms with Gasteiger partial charge in [0.1, 0.15) is 0 Å². The maximum atomic E-state index is 3.44. The van der Waals surface area contributed by atoms with Gasteiger partial charge in [-0.3, -0.25) is 4.90 Å². The van der Waals surface area contributed by atoms with Crippen LogP contribution in [0.2, 0.25) is 0 Å². The Kier molecular flexibility index (Phi) is 3.97. The van der Waals surface area contributed by atoms with Gasteiger partial charge in [0.05, 0.1) is 0 Å². The topological polar surface area (TPSA) is 15.3 Å². The minimum absolute atomic E-state index is 0.675. The van der Waals surface area contributed by atoms with E-state index in [2.05, 4.69) is 54.5 Å². The zero-order valence-corrected chi connectivity index (χ0v) is 10.3. The summed E-state index contributed by atoms with van der Waals surface area (Å²) in [6.07, 6.45) is 2.51. The number of likely N-dealkylation sites (tertiary alicyclic amines) is 1. The van der Waals surface area contributed by atoms with Gasteiger partial charge in [0.2, 0.25) is 0 Å². The Morgan fingerprint density at radius 1 is 1.31 bits per heavy atom. The highest BCUT2D eigenvalue weighted by atomic mass is 15.2. The number of nitrogens with one attached hydrogen (secondary N) is 1. The number of likely N-dealkylation sites (N-methyl/N-ethyl adjacent to an activating group) is 1. The van der Waals surface area contributed by atoms with Crippen LogP contribution < -0.4 is 5.32 Å². The van der Waals surface area contributed by atoms with Gasteiger partial charge in [-0.05, 0) is 25.5 Å². The van der Waals surface area contributed by atoms with Gasteiger partial charge in [0.15, 0.2) is 0 Å². The Balaban J connectivity index is 2.00. The van der Waals surface area contributed by atoms with Gasteiger partial charge in [0.25, 0.3) is 0 Å². The molecule has 0 aliphatic carbocycles. The molecular formula is C14H22N2. The van der Waals surface area contributed by atoms with Crippen LogP contribution in [0.4, 0.5) is 0 Å². The molecule has 1 fully saturated rings. The molecule has 0 aromatic heterocycles. The molecule has 1 aliphatic rings. The third kappa shape index (κ3) is 2.45. The smallest absolute Gasteiger partial charge is 0.0250 e. The van der Waals surface area contributed by atoms with Gasteiger partial charge in [-0.2, -0.15) is 0 Å². The van der Waals surface area contributed by atoms with E-state index in [1.807, 2.05) is 0 Å². The molecule has 2 nitrogen and oxygen atoms in total. The highest BCUT2D eigenvalue weighted by molar-refractivity contribution is 5.15.